The maximum absolute atomic E-state index is 13.3. The number of halogens is 2. The van der Waals surface area contributed by atoms with E-state index in [1.165, 1.54) is 11.1 Å². The van der Waals surface area contributed by atoms with Crippen LogP contribution in [-0.2, 0) is 16.9 Å². The molecule has 1 N–H and O–H groups in total. The van der Waals surface area contributed by atoms with E-state index in [1.54, 1.807) is 60.8 Å². The minimum absolute atomic E-state index is 0.148. The van der Waals surface area contributed by atoms with Crippen LogP contribution in [0.2, 0.25) is 10.0 Å². The quantitative estimate of drug-likeness (QED) is 0.613. The first-order valence-electron chi connectivity index (χ1n) is 8.91. The fourth-order valence-electron chi connectivity index (χ4n) is 3.52. The number of pyridine rings is 1. The lowest BCUT2D eigenvalue weighted by Crippen LogP contribution is -2.41. The summed E-state index contributed by atoms with van der Waals surface area (Å²) in [5.41, 5.74) is 0.00683. The number of ketones is 1. The number of para-hydroxylation sites is 1. The number of carbonyl (C=O) groups is 2. The van der Waals surface area contributed by atoms with Gasteiger partial charge in [-0.25, -0.2) is 0 Å². The third kappa shape index (κ3) is 3.53. The van der Waals surface area contributed by atoms with Crippen LogP contribution in [0.5, 0.6) is 0 Å². The van der Waals surface area contributed by atoms with Crippen LogP contribution in [0, 0.1) is 0 Å². The number of amides is 1. The monoisotopic (exact) mass is 426 g/mol. The fourth-order valence-corrected chi connectivity index (χ4v) is 3.99. The smallest absolute Gasteiger partial charge is 0.264 e. The van der Waals surface area contributed by atoms with E-state index >= 15 is 0 Å². The molecule has 0 fully saturated rings. The molecule has 0 unspecified atom stereocenters. The van der Waals surface area contributed by atoms with Crippen molar-refractivity contribution in [2.45, 2.75) is 18.6 Å². The molecule has 5 nitrogen and oxygen atoms in total. The molecule has 2 aromatic carbocycles. The molecular weight excluding hydrogens is 411 g/mol. The van der Waals surface area contributed by atoms with Crippen LogP contribution in [0.15, 0.2) is 67.0 Å². The highest BCUT2D eigenvalue weighted by molar-refractivity contribution is 6.35. The Balaban J connectivity index is 1.69. The zero-order chi connectivity index (χ0) is 20.6. The summed E-state index contributed by atoms with van der Waals surface area (Å²) in [6.07, 6.45) is 2.60. The number of hydrogen-bond donors (Lipinski definition) is 1. The van der Waals surface area contributed by atoms with Gasteiger partial charge in [0.1, 0.15) is 0 Å². The summed E-state index contributed by atoms with van der Waals surface area (Å²) in [5.74, 6) is -0.933. The molecule has 7 heteroatoms. The fraction of sp³-hybridized carbons (Fsp3) is 0.136. The molecule has 4 rings (SSSR count). The zero-order valence-electron chi connectivity index (χ0n) is 15.2. The summed E-state index contributed by atoms with van der Waals surface area (Å²) in [5, 5.41) is 12.2. The lowest BCUT2D eigenvalue weighted by molar-refractivity contribution is -0.136. The lowest BCUT2D eigenvalue weighted by atomic mass is 9.88. The SMILES string of the molecule is O=C(C[C@]1(O)C(=O)N(Cc2ccc(Cl)cc2Cl)c2ccccc21)c1cccnc1. The predicted molar refractivity (Wildman–Crippen MR) is 111 cm³/mol. The number of carbonyl (C=O) groups excluding carboxylic acids is 2. The molecule has 29 heavy (non-hydrogen) atoms. The van der Waals surface area contributed by atoms with E-state index in [0.29, 0.717) is 32.4 Å². The van der Waals surface area contributed by atoms with Crippen molar-refractivity contribution in [1.29, 1.82) is 0 Å². The van der Waals surface area contributed by atoms with Crippen LogP contribution in [0.4, 0.5) is 5.69 Å². The van der Waals surface area contributed by atoms with Gasteiger partial charge in [-0.2, -0.15) is 0 Å². The van der Waals surface area contributed by atoms with Crippen molar-refractivity contribution < 1.29 is 14.7 Å². The molecule has 146 valence electrons. The minimum Gasteiger partial charge on any atom is -0.375 e. The molecule has 0 saturated heterocycles. The van der Waals surface area contributed by atoms with Gasteiger partial charge in [0.25, 0.3) is 5.91 Å². The van der Waals surface area contributed by atoms with E-state index in [4.69, 9.17) is 23.2 Å². The van der Waals surface area contributed by atoms with Crippen LogP contribution >= 0.6 is 23.2 Å². The summed E-state index contributed by atoms with van der Waals surface area (Å²) in [6, 6.07) is 15.2. The molecule has 1 atom stereocenters. The second-order valence-electron chi connectivity index (χ2n) is 6.85. The largest absolute Gasteiger partial charge is 0.375 e. The third-order valence-corrected chi connectivity index (χ3v) is 5.57. The Bertz CT molecular complexity index is 1100. The van der Waals surface area contributed by atoms with Crippen molar-refractivity contribution in [3.05, 3.63) is 93.7 Å². The second kappa shape index (κ2) is 7.59. The maximum atomic E-state index is 13.3. The van der Waals surface area contributed by atoms with Crippen molar-refractivity contribution in [2.75, 3.05) is 4.90 Å². The van der Waals surface area contributed by atoms with Gasteiger partial charge in [0.15, 0.2) is 11.4 Å². The number of fused-ring (bicyclic) bond motifs is 1. The highest BCUT2D eigenvalue weighted by Gasteiger charge is 2.50. The van der Waals surface area contributed by atoms with Crippen LogP contribution in [0.25, 0.3) is 0 Å². The number of nitrogens with zero attached hydrogens (tertiary/aromatic N) is 2. The molecule has 1 amide bonds. The van der Waals surface area contributed by atoms with E-state index < -0.39 is 11.5 Å². The van der Waals surface area contributed by atoms with Crippen LogP contribution in [0.1, 0.15) is 27.9 Å². The number of hydrogen-bond acceptors (Lipinski definition) is 4. The van der Waals surface area contributed by atoms with E-state index in [-0.39, 0.29) is 18.7 Å². The highest BCUT2D eigenvalue weighted by atomic mass is 35.5. The highest BCUT2D eigenvalue weighted by Crippen LogP contribution is 2.43. The first-order valence-corrected chi connectivity index (χ1v) is 9.67. The van der Waals surface area contributed by atoms with Gasteiger partial charge in [0.05, 0.1) is 18.7 Å². The molecule has 0 radical (unpaired) electrons. The maximum Gasteiger partial charge on any atom is 0.264 e. The van der Waals surface area contributed by atoms with Crippen molar-refractivity contribution in [3.8, 4) is 0 Å². The van der Waals surface area contributed by atoms with Crippen LogP contribution in [-0.4, -0.2) is 21.8 Å². The zero-order valence-corrected chi connectivity index (χ0v) is 16.7. The number of Topliss-reactive ketones (excluding diaryl/α,β-unsaturated/α-hetero) is 1. The van der Waals surface area contributed by atoms with Crippen molar-refractivity contribution >= 4 is 40.6 Å². The number of benzene rings is 2. The van der Waals surface area contributed by atoms with Gasteiger partial charge in [-0.05, 0) is 35.9 Å². The molecule has 0 bridgehead atoms. The summed E-state index contributed by atoms with van der Waals surface area (Å²) in [7, 11) is 0. The van der Waals surface area contributed by atoms with Gasteiger partial charge in [-0.1, -0.05) is 47.5 Å². The van der Waals surface area contributed by atoms with Crippen LogP contribution < -0.4 is 4.90 Å². The second-order valence-corrected chi connectivity index (χ2v) is 7.69. The van der Waals surface area contributed by atoms with Crippen molar-refractivity contribution in [3.63, 3.8) is 0 Å². The van der Waals surface area contributed by atoms with Crippen molar-refractivity contribution in [2.24, 2.45) is 0 Å². The molecule has 2 heterocycles. The summed E-state index contributed by atoms with van der Waals surface area (Å²) in [6.45, 7) is 0.148. The lowest BCUT2D eigenvalue weighted by Gasteiger charge is -2.23. The summed E-state index contributed by atoms with van der Waals surface area (Å²) in [4.78, 5) is 31.4. The van der Waals surface area contributed by atoms with Gasteiger partial charge in [-0.3, -0.25) is 14.6 Å². The number of aromatic nitrogens is 1. The normalized spacial score (nSPS) is 18.0. The number of rotatable bonds is 5. The number of aliphatic hydroxyl groups is 1. The molecule has 0 spiro atoms. The molecule has 1 aliphatic heterocycles. The van der Waals surface area contributed by atoms with E-state index in [0.717, 1.165) is 0 Å². The first kappa shape index (κ1) is 19.6. The molecule has 1 aromatic heterocycles. The topological polar surface area (TPSA) is 70.5 Å². The Hall–Kier alpha value is -2.73. The predicted octanol–water partition coefficient (Wildman–Crippen LogP) is 4.40. The Morgan fingerprint density at radius 3 is 2.62 bits per heavy atom. The van der Waals surface area contributed by atoms with E-state index in [9.17, 15) is 14.7 Å². The standard InChI is InChI=1S/C22H16Cl2N2O3/c23-16-8-7-15(18(24)10-16)13-26-19-6-2-1-5-17(19)22(29,21(26)28)11-20(27)14-4-3-9-25-12-14/h1-10,12,29H,11,13H2/t22-/m1/s1. The Morgan fingerprint density at radius 1 is 1.10 bits per heavy atom. The summed E-state index contributed by atoms with van der Waals surface area (Å²) >= 11 is 12.2. The molecule has 3 aromatic rings. The molecule has 0 saturated carbocycles. The summed E-state index contributed by atoms with van der Waals surface area (Å²) < 4.78 is 0. The van der Waals surface area contributed by atoms with Gasteiger partial charge >= 0.3 is 0 Å². The van der Waals surface area contributed by atoms with Gasteiger partial charge in [0, 0.05) is 33.6 Å². The van der Waals surface area contributed by atoms with Crippen molar-refractivity contribution in [1.82, 2.24) is 4.98 Å². The average molecular weight is 427 g/mol. The third-order valence-electron chi connectivity index (χ3n) is 4.98. The van der Waals surface area contributed by atoms with E-state index in [1.807, 2.05) is 0 Å². The molecule has 1 aliphatic rings. The first-order chi connectivity index (χ1) is 13.9. The van der Waals surface area contributed by atoms with Gasteiger partial charge < -0.3 is 10.0 Å². The molecule has 0 aliphatic carbocycles. The van der Waals surface area contributed by atoms with Gasteiger partial charge in [-0.15, -0.1) is 0 Å². The Labute approximate surface area is 177 Å². The minimum atomic E-state index is -1.96. The van der Waals surface area contributed by atoms with Gasteiger partial charge in [0.2, 0.25) is 0 Å². The van der Waals surface area contributed by atoms with Crippen LogP contribution in [0.3, 0.4) is 0 Å². The average Bonchev–Trinajstić information content (AvgIpc) is 2.92. The Kier molecular flexibility index (Phi) is 5.13. The number of anilines is 1. The molecular formula is C22H16Cl2N2O3. The van der Waals surface area contributed by atoms with E-state index in [2.05, 4.69) is 4.98 Å². The Morgan fingerprint density at radius 2 is 1.90 bits per heavy atom.